The van der Waals surface area contributed by atoms with E-state index in [1.807, 2.05) is 19.1 Å². The molecule has 4 heteroatoms. The minimum Gasteiger partial charge on any atom is -0.478 e. The topological polar surface area (TPSA) is 77.8 Å². The number of benzene rings is 2. The average molecular weight is 260 g/mol. The summed E-state index contributed by atoms with van der Waals surface area (Å²) in [5, 5.41) is 29.3. The van der Waals surface area contributed by atoms with Crippen molar-refractivity contribution in [3.05, 3.63) is 47.0 Å². The van der Waals surface area contributed by atoms with Gasteiger partial charge >= 0.3 is 5.97 Å². The van der Waals surface area contributed by atoms with Crippen molar-refractivity contribution < 1.29 is 20.1 Å². The molecule has 0 fully saturated rings. The van der Waals surface area contributed by atoms with E-state index in [-0.39, 0.29) is 24.7 Å². The van der Waals surface area contributed by atoms with Gasteiger partial charge in [-0.2, -0.15) is 0 Å². The van der Waals surface area contributed by atoms with Crippen molar-refractivity contribution in [3.8, 4) is 0 Å². The Morgan fingerprint density at radius 2 is 1.89 bits per heavy atom. The molecule has 100 valence electrons. The number of carbonyl (C=O) groups is 1. The van der Waals surface area contributed by atoms with Crippen LogP contribution in [0.3, 0.4) is 0 Å². The van der Waals surface area contributed by atoms with Gasteiger partial charge in [-0.05, 0) is 34.0 Å². The summed E-state index contributed by atoms with van der Waals surface area (Å²) in [5.74, 6) is -1.07. The second kappa shape index (κ2) is 5.38. The minimum atomic E-state index is -0.987. The molecule has 0 saturated heterocycles. The summed E-state index contributed by atoms with van der Waals surface area (Å²) in [6, 6.07) is 8.47. The first-order valence-electron chi connectivity index (χ1n) is 6.09. The molecule has 1 atom stereocenters. The molecule has 3 N–H and O–H groups in total. The van der Waals surface area contributed by atoms with Crippen molar-refractivity contribution in [2.75, 3.05) is 6.61 Å². The van der Waals surface area contributed by atoms with E-state index in [1.54, 1.807) is 12.1 Å². The Hall–Kier alpha value is -1.91. The second-order valence-electron chi connectivity index (χ2n) is 4.62. The van der Waals surface area contributed by atoms with Crippen molar-refractivity contribution in [1.82, 2.24) is 0 Å². The number of aromatic carboxylic acids is 1. The first-order valence-corrected chi connectivity index (χ1v) is 6.09. The second-order valence-corrected chi connectivity index (χ2v) is 4.62. The number of hydrogen-bond acceptors (Lipinski definition) is 3. The standard InChI is InChI=1S/C15H16O4/c1-9(7-16)12-4-3-11(8-17)13-5-2-10(15(18)19)6-14(12)13/h2-6,9,16-17H,7-8H2,1H3,(H,18,19)/t9-/m0/s1. The van der Waals surface area contributed by atoms with Gasteiger partial charge < -0.3 is 15.3 Å². The lowest BCUT2D eigenvalue weighted by molar-refractivity contribution is 0.0697. The summed E-state index contributed by atoms with van der Waals surface area (Å²) in [4.78, 5) is 11.1. The maximum atomic E-state index is 11.1. The number of rotatable bonds is 4. The summed E-state index contributed by atoms with van der Waals surface area (Å²) in [5.41, 5.74) is 1.84. The van der Waals surface area contributed by atoms with Crippen LogP contribution in [0.1, 0.15) is 34.3 Å². The molecule has 2 aromatic carbocycles. The molecule has 0 amide bonds. The fourth-order valence-corrected chi connectivity index (χ4v) is 2.23. The lowest BCUT2D eigenvalue weighted by atomic mass is 9.91. The third-order valence-electron chi connectivity index (χ3n) is 3.36. The van der Waals surface area contributed by atoms with Gasteiger partial charge in [0.1, 0.15) is 0 Å². The van der Waals surface area contributed by atoms with Crippen LogP contribution in [0.2, 0.25) is 0 Å². The molecule has 2 aromatic rings. The predicted octanol–water partition coefficient (Wildman–Crippen LogP) is 2.13. The van der Waals surface area contributed by atoms with Crippen molar-refractivity contribution in [1.29, 1.82) is 0 Å². The highest BCUT2D eigenvalue weighted by atomic mass is 16.4. The number of fused-ring (bicyclic) bond motifs is 1. The molecule has 0 heterocycles. The lowest BCUT2D eigenvalue weighted by Crippen LogP contribution is -2.03. The highest BCUT2D eigenvalue weighted by molar-refractivity contribution is 5.97. The predicted molar refractivity (Wildman–Crippen MR) is 72.3 cm³/mol. The molecule has 0 bridgehead atoms. The zero-order valence-electron chi connectivity index (χ0n) is 10.6. The van der Waals surface area contributed by atoms with E-state index >= 15 is 0 Å². The summed E-state index contributed by atoms with van der Waals surface area (Å²) in [7, 11) is 0. The van der Waals surface area contributed by atoms with Crippen LogP contribution in [-0.2, 0) is 6.61 Å². The Labute approximate surface area is 110 Å². The van der Waals surface area contributed by atoms with E-state index in [9.17, 15) is 15.0 Å². The number of aliphatic hydroxyl groups excluding tert-OH is 2. The molecule has 0 aliphatic heterocycles. The van der Waals surface area contributed by atoms with Crippen LogP contribution in [0.4, 0.5) is 0 Å². The molecule has 0 unspecified atom stereocenters. The third-order valence-corrected chi connectivity index (χ3v) is 3.36. The van der Waals surface area contributed by atoms with Crippen LogP contribution >= 0.6 is 0 Å². The van der Waals surface area contributed by atoms with E-state index in [0.29, 0.717) is 0 Å². The van der Waals surface area contributed by atoms with Gasteiger partial charge in [-0.25, -0.2) is 4.79 Å². The van der Waals surface area contributed by atoms with Gasteiger partial charge in [0, 0.05) is 12.5 Å². The zero-order valence-corrected chi connectivity index (χ0v) is 10.6. The SMILES string of the molecule is C[C@@H](CO)c1ccc(CO)c2ccc(C(=O)O)cc12. The fourth-order valence-electron chi connectivity index (χ4n) is 2.23. The van der Waals surface area contributed by atoms with Crippen molar-refractivity contribution in [2.45, 2.75) is 19.4 Å². The zero-order chi connectivity index (χ0) is 14.0. The van der Waals surface area contributed by atoms with E-state index in [0.717, 1.165) is 21.9 Å². The van der Waals surface area contributed by atoms with Gasteiger partial charge in [0.05, 0.1) is 12.2 Å². The molecular formula is C15H16O4. The van der Waals surface area contributed by atoms with Crippen LogP contribution in [-0.4, -0.2) is 27.9 Å². The van der Waals surface area contributed by atoms with E-state index < -0.39 is 5.97 Å². The molecule has 0 saturated carbocycles. The largest absolute Gasteiger partial charge is 0.478 e. The first kappa shape index (κ1) is 13.5. The van der Waals surface area contributed by atoms with Crippen molar-refractivity contribution in [3.63, 3.8) is 0 Å². The summed E-state index contributed by atoms with van der Waals surface area (Å²) < 4.78 is 0. The normalized spacial score (nSPS) is 12.6. The van der Waals surface area contributed by atoms with Crippen LogP contribution in [0.15, 0.2) is 30.3 Å². The third kappa shape index (κ3) is 2.45. The van der Waals surface area contributed by atoms with Crippen molar-refractivity contribution >= 4 is 16.7 Å². The molecule has 19 heavy (non-hydrogen) atoms. The molecule has 0 aliphatic carbocycles. The van der Waals surface area contributed by atoms with Gasteiger partial charge in [0.2, 0.25) is 0 Å². The number of hydrogen-bond donors (Lipinski definition) is 3. The van der Waals surface area contributed by atoms with Crippen LogP contribution in [0.5, 0.6) is 0 Å². The Balaban J connectivity index is 2.75. The van der Waals surface area contributed by atoms with Gasteiger partial charge in [-0.3, -0.25) is 0 Å². The quantitative estimate of drug-likeness (QED) is 0.787. The summed E-state index contributed by atoms with van der Waals surface area (Å²) in [6.45, 7) is 1.77. The Morgan fingerprint density at radius 3 is 2.47 bits per heavy atom. The summed E-state index contributed by atoms with van der Waals surface area (Å²) >= 11 is 0. The molecule has 0 aromatic heterocycles. The molecule has 4 nitrogen and oxygen atoms in total. The Bertz CT molecular complexity index is 619. The van der Waals surface area contributed by atoms with E-state index in [4.69, 9.17) is 5.11 Å². The van der Waals surface area contributed by atoms with Gasteiger partial charge in [-0.1, -0.05) is 25.1 Å². The average Bonchev–Trinajstić information content (AvgIpc) is 2.44. The van der Waals surface area contributed by atoms with Crippen LogP contribution < -0.4 is 0 Å². The molecule has 0 radical (unpaired) electrons. The van der Waals surface area contributed by atoms with E-state index in [2.05, 4.69) is 0 Å². The van der Waals surface area contributed by atoms with Gasteiger partial charge in [-0.15, -0.1) is 0 Å². The van der Waals surface area contributed by atoms with Gasteiger partial charge in [0.15, 0.2) is 0 Å². The van der Waals surface area contributed by atoms with E-state index in [1.165, 1.54) is 6.07 Å². The molecule has 2 rings (SSSR count). The molecule has 0 spiro atoms. The smallest absolute Gasteiger partial charge is 0.335 e. The first-order chi connectivity index (χ1) is 9.08. The highest BCUT2D eigenvalue weighted by Crippen LogP contribution is 2.29. The lowest BCUT2D eigenvalue weighted by Gasteiger charge is -2.15. The van der Waals surface area contributed by atoms with Crippen LogP contribution in [0, 0.1) is 0 Å². The van der Waals surface area contributed by atoms with Crippen molar-refractivity contribution in [2.24, 2.45) is 0 Å². The van der Waals surface area contributed by atoms with Gasteiger partial charge in [0.25, 0.3) is 0 Å². The number of carboxylic acid groups (broad SMARTS) is 1. The van der Waals surface area contributed by atoms with Crippen LogP contribution in [0.25, 0.3) is 10.8 Å². The number of carboxylic acids is 1. The highest BCUT2D eigenvalue weighted by Gasteiger charge is 2.13. The maximum absolute atomic E-state index is 11.1. The molecular weight excluding hydrogens is 244 g/mol. The minimum absolute atomic E-state index is 0.00906. The monoisotopic (exact) mass is 260 g/mol. The Kier molecular flexibility index (Phi) is 3.83. The fraction of sp³-hybridized carbons (Fsp3) is 0.267. The Morgan fingerprint density at radius 1 is 1.16 bits per heavy atom. The molecule has 0 aliphatic rings. The maximum Gasteiger partial charge on any atom is 0.335 e. The summed E-state index contributed by atoms with van der Waals surface area (Å²) in [6.07, 6.45) is 0. The number of aliphatic hydroxyl groups is 2.